The molecule has 0 saturated heterocycles. The Morgan fingerprint density at radius 1 is 0.609 bits per heavy atom. The van der Waals surface area contributed by atoms with Gasteiger partial charge >= 0.3 is 17.9 Å². The number of hydrogen-bond donors (Lipinski definition) is 0. The molecule has 1 aliphatic carbocycles. The van der Waals surface area contributed by atoms with Gasteiger partial charge in [0.25, 0.3) is 0 Å². The smallest absolute Gasteiger partial charge is 0.338 e. The molecule has 0 aromatic heterocycles. The number of benzene rings is 4. The summed E-state index contributed by atoms with van der Waals surface area (Å²) in [5.41, 5.74) is 5.07. The zero-order chi connectivity index (χ0) is 32.2. The van der Waals surface area contributed by atoms with Crippen LogP contribution in [0.4, 0.5) is 0 Å². The zero-order valence-corrected chi connectivity index (χ0v) is 25.7. The SMILES string of the molecule is COc1cc(-c2ccc3c(c2)COC3=O)cc(C2(C(=O)Oc3c(-c4ccc5c(c4)COC5=O)ccc(OC)c3OC)CC2)c1OC. The predicted molar refractivity (Wildman–Crippen MR) is 165 cm³/mol. The molecule has 234 valence electrons. The van der Waals surface area contributed by atoms with Gasteiger partial charge < -0.3 is 33.2 Å². The van der Waals surface area contributed by atoms with Gasteiger partial charge in [0, 0.05) is 22.3 Å². The summed E-state index contributed by atoms with van der Waals surface area (Å²) < 4.78 is 39.5. The highest BCUT2D eigenvalue weighted by Gasteiger charge is 2.55. The first-order chi connectivity index (χ1) is 22.3. The Labute approximate surface area is 264 Å². The van der Waals surface area contributed by atoms with E-state index in [0.29, 0.717) is 57.9 Å². The summed E-state index contributed by atoms with van der Waals surface area (Å²) in [5, 5.41) is 0. The minimum Gasteiger partial charge on any atom is -0.493 e. The lowest BCUT2D eigenvalue weighted by molar-refractivity contribution is -0.137. The molecule has 46 heavy (non-hydrogen) atoms. The van der Waals surface area contributed by atoms with Gasteiger partial charge in [-0.25, -0.2) is 9.59 Å². The number of hydrogen-bond acceptors (Lipinski definition) is 10. The van der Waals surface area contributed by atoms with E-state index in [1.165, 1.54) is 21.3 Å². The monoisotopic (exact) mass is 622 g/mol. The van der Waals surface area contributed by atoms with Gasteiger partial charge in [0.15, 0.2) is 23.0 Å². The van der Waals surface area contributed by atoms with E-state index < -0.39 is 11.4 Å². The fourth-order valence-electron chi connectivity index (χ4n) is 6.23. The lowest BCUT2D eigenvalue weighted by Crippen LogP contribution is -2.27. The number of ether oxygens (including phenoxy) is 7. The molecule has 1 saturated carbocycles. The van der Waals surface area contributed by atoms with Crippen molar-refractivity contribution in [1.29, 1.82) is 0 Å². The summed E-state index contributed by atoms with van der Waals surface area (Å²) >= 11 is 0. The zero-order valence-electron chi connectivity index (χ0n) is 25.7. The molecule has 2 aliphatic heterocycles. The van der Waals surface area contributed by atoms with Crippen LogP contribution in [-0.4, -0.2) is 46.3 Å². The Bertz CT molecular complexity index is 1940. The van der Waals surface area contributed by atoms with Gasteiger partial charge in [0.2, 0.25) is 5.75 Å². The quantitative estimate of drug-likeness (QED) is 0.162. The first kappa shape index (κ1) is 29.2. The highest BCUT2D eigenvalue weighted by molar-refractivity contribution is 5.96. The lowest BCUT2D eigenvalue weighted by Gasteiger charge is -2.23. The largest absolute Gasteiger partial charge is 0.493 e. The highest BCUT2D eigenvalue weighted by Crippen LogP contribution is 2.56. The second-order valence-corrected chi connectivity index (χ2v) is 11.3. The molecular weight excluding hydrogens is 592 g/mol. The Morgan fingerprint density at radius 3 is 1.78 bits per heavy atom. The van der Waals surface area contributed by atoms with E-state index in [2.05, 4.69) is 0 Å². The van der Waals surface area contributed by atoms with Crippen molar-refractivity contribution >= 4 is 17.9 Å². The van der Waals surface area contributed by atoms with Gasteiger partial charge in [-0.1, -0.05) is 12.1 Å². The maximum atomic E-state index is 14.4. The van der Waals surface area contributed by atoms with Crippen molar-refractivity contribution in [3.05, 3.63) is 88.5 Å². The molecule has 2 heterocycles. The number of carbonyl (C=O) groups is 3. The molecule has 4 aromatic rings. The maximum Gasteiger partial charge on any atom is 0.338 e. The summed E-state index contributed by atoms with van der Waals surface area (Å²) in [6.07, 6.45) is 1.03. The Balaban J connectivity index is 1.31. The first-order valence-corrected chi connectivity index (χ1v) is 14.7. The molecule has 7 rings (SSSR count). The number of esters is 3. The number of rotatable bonds is 9. The molecule has 0 atom stereocenters. The van der Waals surface area contributed by atoms with Crippen LogP contribution in [-0.2, 0) is 32.9 Å². The van der Waals surface area contributed by atoms with E-state index in [-0.39, 0.29) is 36.7 Å². The molecule has 0 N–H and O–H groups in total. The number of carbonyl (C=O) groups excluding carboxylic acids is 3. The molecule has 3 aliphatic rings. The van der Waals surface area contributed by atoms with Crippen LogP contribution in [0.1, 0.15) is 50.2 Å². The average Bonchev–Trinajstić information content (AvgIpc) is 3.71. The second kappa shape index (κ2) is 11.1. The fourth-order valence-corrected chi connectivity index (χ4v) is 6.23. The maximum absolute atomic E-state index is 14.4. The van der Waals surface area contributed by atoms with Gasteiger partial charge in [-0.15, -0.1) is 0 Å². The van der Waals surface area contributed by atoms with E-state index in [1.807, 2.05) is 30.3 Å². The van der Waals surface area contributed by atoms with Crippen LogP contribution >= 0.6 is 0 Å². The summed E-state index contributed by atoms with van der Waals surface area (Å²) in [5.74, 6) is 0.508. The molecule has 0 bridgehead atoms. The van der Waals surface area contributed by atoms with Crippen LogP contribution < -0.4 is 23.7 Å². The van der Waals surface area contributed by atoms with Crippen molar-refractivity contribution in [2.45, 2.75) is 31.5 Å². The molecule has 4 aromatic carbocycles. The predicted octanol–water partition coefficient (Wildman–Crippen LogP) is 6.03. The summed E-state index contributed by atoms with van der Waals surface area (Å²) in [6.45, 7) is 0.371. The van der Waals surface area contributed by atoms with E-state index >= 15 is 0 Å². The third-order valence-corrected chi connectivity index (χ3v) is 8.84. The molecule has 0 unspecified atom stereocenters. The van der Waals surface area contributed by atoms with Gasteiger partial charge in [0.05, 0.1) is 45.0 Å². The van der Waals surface area contributed by atoms with E-state index in [9.17, 15) is 14.4 Å². The third-order valence-electron chi connectivity index (χ3n) is 8.84. The minimum atomic E-state index is -1.03. The van der Waals surface area contributed by atoms with Crippen molar-refractivity contribution in [2.24, 2.45) is 0 Å². The molecule has 10 nitrogen and oxygen atoms in total. The number of cyclic esters (lactones) is 2. The standard InChI is InChI=1S/C36H30O10/c1-40-28-10-9-24(20-6-8-26-23(14-20)18-45-34(26)38)30(32(28)43-4)46-35(39)36(11-12-36)27-15-21(16-29(41-2)31(27)42-3)19-5-7-25-22(13-19)17-44-33(25)37/h5-10,13-16H,11-12,17-18H2,1-4H3. The van der Waals surface area contributed by atoms with E-state index in [0.717, 1.165) is 22.3 Å². The summed E-state index contributed by atoms with van der Waals surface area (Å²) in [4.78, 5) is 38.5. The Hall–Kier alpha value is -5.51. The lowest BCUT2D eigenvalue weighted by atomic mass is 9.90. The Kier molecular flexibility index (Phi) is 7.07. The Morgan fingerprint density at radius 2 is 1.20 bits per heavy atom. The van der Waals surface area contributed by atoms with Crippen molar-refractivity contribution < 1.29 is 47.5 Å². The molecule has 0 radical (unpaired) electrons. The van der Waals surface area contributed by atoms with Crippen molar-refractivity contribution in [1.82, 2.24) is 0 Å². The first-order valence-electron chi connectivity index (χ1n) is 14.7. The summed E-state index contributed by atoms with van der Waals surface area (Å²) in [7, 11) is 6.06. The van der Waals surface area contributed by atoms with Crippen LogP contribution in [0.5, 0.6) is 28.7 Å². The summed E-state index contributed by atoms with van der Waals surface area (Å²) in [6, 6.07) is 18.1. The van der Waals surface area contributed by atoms with Gasteiger partial charge in [0.1, 0.15) is 13.2 Å². The van der Waals surface area contributed by atoms with Gasteiger partial charge in [-0.2, -0.15) is 0 Å². The van der Waals surface area contributed by atoms with Crippen molar-refractivity contribution in [3.8, 4) is 51.0 Å². The molecular formula is C36H30O10. The van der Waals surface area contributed by atoms with Gasteiger partial charge in [-0.05, 0) is 78.1 Å². The van der Waals surface area contributed by atoms with Crippen LogP contribution in [0.2, 0.25) is 0 Å². The van der Waals surface area contributed by atoms with E-state index in [1.54, 1.807) is 37.4 Å². The highest BCUT2D eigenvalue weighted by atomic mass is 16.6. The van der Waals surface area contributed by atoms with Crippen LogP contribution in [0.15, 0.2) is 60.7 Å². The molecule has 0 spiro atoms. The molecule has 0 amide bonds. The molecule has 1 fully saturated rings. The normalized spacial score (nSPS) is 15.3. The molecule has 10 heteroatoms. The van der Waals surface area contributed by atoms with Crippen LogP contribution in [0, 0.1) is 0 Å². The van der Waals surface area contributed by atoms with E-state index in [4.69, 9.17) is 33.2 Å². The van der Waals surface area contributed by atoms with Crippen molar-refractivity contribution in [2.75, 3.05) is 28.4 Å². The fraction of sp³-hybridized carbons (Fsp3) is 0.250. The minimum absolute atomic E-state index is 0.166. The van der Waals surface area contributed by atoms with Crippen molar-refractivity contribution in [3.63, 3.8) is 0 Å². The third kappa shape index (κ3) is 4.60. The second-order valence-electron chi connectivity index (χ2n) is 11.3. The van der Waals surface area contributed by atoms with Crippen LogP contribution in [0.25, 0.3) is 22.3 Å². The number of methoxy groups -OCH3 is 4. The van der Waals surface area contributed by atoms with Gasteiger partial charge in [-0.3, -0.25) is 4.79 Å². The topological polar surface area (TPSA) is 116 Å². The number of fused-ring (bicyclic) bond motifs is 2. The average molecular weight is 623 g/mol. The van der Waals surface area contributed by atoms with Crippen LogP contribution in [0.3, 0.4) is 0 Å².